The predicted molar refractivity (Wildman–Crippen MR) is 81.3 cm³/mol. The number of pyridine rings is 1. The van der Waals surface area contributed by atoms with Crippen molar-refractivity contribution in [2.45, 2.75) is 26.8 Å². The van der Waals surface area contributed by atoms with Gasteiger partial charge in [0.15, 0.2) is 0 Å². The molecule has 106 valence electrons. The van der Waals surface area contributed by atoms with E-state index in [9.17, 15) is 4.79 Å². The van der Waals surface area contributed by atoms with Crippen LogP contribution in [0.1, 0.15) is 39.0 Å². The zero-order valence-corrected chi connectivity index (χ0v) is 12.8. The van der Waals surface area contributed by atoms with Crippen molar-refractivity contribution in [1.82, 2.24) is 15.3 Å². The second-order valence-corrected chi connectivity index (χ2v) is 5.79. The number of nitrogens with zero attached hydrogens (tertiary/aromatic N) is 2. The van der Waals surface area contributed by atoms with E-state index in [1.807, 2.05) is 33.9 Å². The maximum atomic E-state index is 12.2. The van der Waals surface area contributed by atoms with Gasteiger partial charge in [-0.2, -0.15) is 0 Å². The Hall–Kier alpha value is -1.95. The molecule has 5 nitrogen and oxygen atoms in total. The summed E-state index contributed by atoms with van der Waals surface area (Å²) in [4.78, 5) is 21.8. The van der Waals surface area contributed by atoms with Crippen LogP contribution in [0, 0.1) is 13.8 Å². The van der Waals surface area contributed by atoms with Gasteiger partial charge in [-0.3, -0.25) is 9.78 Å². The third-order valence-electron chi connectivity index (χ3n) is 2.96. The molecule has 0 aliphatic carbocycles. The molecule has 6 heteroatoms. The van der Waals surface area contributed by atoms with Gasteiger partial charge >= 0.3 is 0 Å². The molecular formula is C14H18N4OS. The number of nitrogens with one attached hydrogen (secondary N) is 2. The molecule has 2 N–H and O–H groups in total. The van der Waals surface area contributed by atoms with Gasteiger partial charge in [0, 0.05) is 23.8 Å². The number of amides is 1. The Morgan fingerprint density at radius 2 is 2.15 bits per heavy atom. The quantitative estimate of drug-likeness (QED) is 0.908. The predicted octanol–water partition coefficient (Wildman–Crippen LogP) is 2.69. The molecule has 1 atom stereocenters. The maximum Gasteiger partial charge on any atom is 0.270 e. The Labute approximate surface area is 122 Å². The van der Waals surface area contributed by atoms with Crippen LogP contribution < -0.4 is 10.6 Å². The van der Waals surface area contributed by atoms with E-state index in [0.717, 1.165) is 21.3 Å². The van der Waals surface area contributed by atoms with Gasteiger partial charge in [0.25, 0.3) is 5.91 Å². The minimum absolute atomic E-state index is 0.0752. The fourth-order valence-corrected chi connectivity index (χ4v) is 2.93. The summed E-state index contributed by atoms with van der Waals surface area (Å²) in [6.45, 7) is 5.88. The monoisotopic (exact) mass is 290 g/mol. The van der Waals surface area contributed by atoms with E-state index in [1.54, 1.807) is 23.6 Å². The zero-order valence-electron chi connectivity index (χ0n) is 12.0. The van der Waals surface area contributed by atoms with E-state index in [2.05, 4.69) is 20.6 Å². The first-order valence-corrected chi connectivity index (χ1v) is 7.21. The highest BCUT2D eigenvalue weighted by atomic mass is 32.1. The van der Waals surface area contributed by atoms with E-state index in [4.69, 9.17) is 0 Å². The lowest BCUT2D eigenvalue weighted by Crippen LogP contribution is -2.27. The number of anilines is 1. The van der Waals surface area contributed by atoms with Crippen LogP contribution in [0.3, 0.4) is 0 Å². The normalized spacial score (nSPS) is 12.0. The number of carbonyl (C=O) groups is 1. The van der Waals surface area contributed by atoms with E-state index >= 15 is 0 Å². The lowest BCUT2D eigenvalue weighted by molar-refractivity contribution is 0.0935. The summed E-state index contributed by atoms with van der Waals surface area (Å²) in [6, 6.07) is 3.47. The Bertz CT molecular complexity index is 623. The standard InChI is InChI=1S/C14H18N4OS/c1-8-13(20-10(3)17-8)9(2)18-14(19)12-7-11(15-4)5-6-16-12/h5-7,9H,1-4H3,(H,15,16)(H,18,19). The second kappa shape index (κ2) is 6.00. The number of hydrogen-bond donors (Lipinski definition) is 2. The highest BCUT2D eigenvalue weighted by molar-refractivity contribution is 7.11. The molecule has 1 unspecified atom stereocenters. The molecule has 2 heterocycles. The van der Waals surface area contributed by atoms with Crippen LogP contribution >= 0.6 is 11.3 Å². The van der Waals surface area contributed by atoms with E-state index in [-0.39, 0.29) is 11.9 Å². The fourth-order valence-electron chi connectivity index (χ4n) is 2.00. The van der Waals surface area contributed by atoms with Crippen molar-refractivity contribution in [1.29, 1.82) is 0 Å². The van der Waals surface area contributed by atoms with Crippen molar-refractivity contribution in [3.63, 3.8) is 0 Å². The topological polar surface area (TPSA) is 66.9 Å². The summed E-state index contributed by atoms with van der Waals surface area (Å²) in [7, 11) is 1.81. The molecule has 0 saturated carbocycles. The van der Waals surface area contributed by atoms with E-state index < -0.39 is 0 Å². The van der Waals surface area contributed by atoms with Crippen LogP contribution in [0.25, 0.3) is 0 Å². The molecule has 0 spiro atoms. The average Bonchev–Trinajstić information content (AvgIpc) is 2.77. The molecule has 2 rings (SSSR count). The minimum Gasteiger partial charge on any atom is -0.388 e. The van der Waals surface area contributed by atoms with Crippen molar-refractivity contribution in [3.8, 4) is 0 Å². The van der Waals surface area contributed by atoms with E-state index in [1.165, 1.54) is 0 Å². The largest absolute Gasteiger partial charge is 0.388 e. The first-order valence-electron chi connectivity index (χ1n) is 6.40. The minimum atomic E-state index is -0.181. The second-order valence-electron chi connectivity index (χ2n) is 4.56. The van der Waals surface area contributed by atoms with Gasteiger partial charge in [0.1, 0.15) is 5.69 Å². The van der Waals surface area contributed by atoms with E-state index in [0.29, 0.717) is 5.69 Å². The molecule has 0 aliphatic heterocycles. The number of rotatable bonds is 4. The molecule has 0 saturated heterocycles. The average molecular weight is 290 g/mol. The summed E-state index contributed by atoms with van der Waals surface area (Å²) >= 11 is 1.61. The smallest absolute Gasteiger partial charge is 0.270 e. The summed E-state index contributed by atoms with van der Waals surface area (Å²) in [5.74, 6) is -0.181. The third-order valence-corrected chi connectivity index (χ3v) is 4.22. The first kappa shape index (κ1) is 14.5. The highest BCUT2D eigenvalue weighted by Gasteiger charge is 2.17. The molecule has 2 aromatic rings. The molecule has 2 aromatic heterocycles. The summed E-state index contributed by atoms with van der Waals surface area (Å²) in [5, 5.41) is 6.96. The van der Waals surface area contributed by atoms with Gasteiger partial charge in [-0.1, -0.05) is 0 Å². The van der Waals surface area contributed by atoms with Gasteiger partial charge in [-0.05, 0) is 32.9 Å². The highest BCUT2D eigenvalue weighted by Crippen LogP contribution is 2.24. The van der Waals surface area contributed by atoms with Gasteiger partial charge in [0.2, 0.25) is 0 Å². The van der Waals surface area contributed by atoms with Crippen molar-refractivity contribution in [2.75, 3.05) is 12.4 Å². The number of aromatic nitrogens is 2. The fraction of sp³-hybridized carbons (Fsp3) is 0.357. The SMILES string of the molecule is CNc1ccnc(C(=O)NC(C)c2sc(C)nc2C)c1. The Morgan fingerprint density at radius 3 is 2.75 bits per heavy atom. The van der Waals surface area contributed by atoms with Crippen LogP contribution in [-0.2, 0) is 0 Å². The van der Waals surface area contributed by atoms with Gasteiger partial charge in [0.05, 0.1) is 16.7 Å². The van der Waals surface area contributed by atoms with Gasteiger partial charge in [-0.25, -0.2) is 4.98 Å². The molecule has 0 bridgehead atoms. The Balaban J connectivity index is 2.12. The van der Waals surface area contributed by atoms with Crippen molar-refractivity contribution < 1.29 is 4.79 Å². The summed E-state index contributed by atoms with van der Waals surface area (Å²) < 4.78 is 0. The van der Waals surface area contributed by atoms with Gasteiger partial charge < -0.3 is 10.6 Å². The Kier molecular flexibility index (Phi) is 4.34. The molecule has 0 aliphatic rings. The van der Waals surface area contributed by atoms with Crippen LogP contribution in [-0.4, -0.2) is 22.9 Å². The van der Waals surface area contributed by atoms with Crippen LogP contribution in [0.5, 0.6) is 0 Å². The zero-order chi connectivity index (χ0) is 14.7. The summed E-state index contributed by atoms with van der Waals surface area (Å²) in [6.07, 6.45) is 1.62. The molecule has 0 aromatic carbocycles. The lowest BCUT2D eigenvalue weighted by Gasteiger charge is -2.13. The number of carbonyl (C=O) groups excluding carboxylic acids is 1. The third kappa shape index (κ3) is 3.14. The van der Waals surface area contributed by atoms with Crippen molar-refractivity contribution >= 4 is 22.9 Å². The Morgan fingerprint density at radius 1 is 1.40 bits per heavy atom. The molecular weight excluding hydrogens is 272 g/mol. The molecule has 0 fully saturated rings. The van der Waals surface area contributed by atoms with Crippen molar-refractivity contribution in [2.24, 2.45) is 0 Å². The number of thiazole rings is 1. The lowest BCUT2D eigenvalue weighted by atomic mass is 10.2. The number of aryl methyl sites for hydroxylation is 2. The molecule has 20 heavy (non-hydrogen) atoms. The van der Waals surface area contributed by atoms with Crippen LogP contribution in [0.2, 0.25) is 0 Å². The number of hydrogen-bond acceptors (Lipinski definition) is 5. The van der Waals surface area contributed by atoms with Crippen molar-refractivity contribution in [3.05, 3.63) is 39.6 Å². The maximum absolute atomic E-state index is 12.2. The van der Waals surface area contributed by atoms with Gasteiger partial charge in [-0.15, -0.1) is 11.3 Å². The summed E-state index contributed by atoms with van der Waals surface area (Å²) in [5.41, 5.74) is 2.24. The first-order chi connectivity index (χ1) is 9.51. The molecule has 1 amide bonds. The van der Waals surface area contributed by atoms with Crippen LogP contribution in [0.4, 0.5) is 5.69 Å². The molecule has 0 radical (unpaired) electrons. The van der Waals surface area contributed by atoms with Crippen LogP contribution in [0.15, 0.2) is 18.3 Å².